The number of nitrogens with one attached hydrogen (secondary N) is 2. The quantitative estimate of drug-likeness (QED) is 0.834. The molecule has 0 aliphatic carbocycles. The van der Waals surface area contributed by atoms with Gasteiger partial charge >= 0.3 is 0 Å². The van der Waals surface area contributed by atoms with Gasteiger partial charge in [-0.3, -0.25) is 9.89 Å². The predicted octanol–water partition coefficient (Wildman–Crippen LogP) is 1.48. The molecule has 0 aromatic carbocycles. The minimum atomic E-state index is -0.263. The summed E-state index contributed by atoms with van der Waals surface area (Å²) in [5.74, 6) is 0.447. The number of hydrogen-bond donors (Lipinski definition) is 2. The Balaban J connectivity index is 1.89. The fourth-order valence-electron chi connectivity index (χ4n) is 1.29. The van der Waals surface area contributed by atoms with Gasteiger partial charge in [0.1, 0.15) is 17.3 Å². The van der Waals surface area contributed by atoms with Crippen LogP contribution in [-0.2, 0) is 6.42 Å². The summed E-state index contributed by atoms with van der Waals surface area (Å²) < 4.78 is 0. The van der Waals surface area contributed by atoms with E-state index in [1.165, 1.54) is 18.6 Å². The molecule has 2 heterocycles. The third-order valence-corrected chi connectivity index (χ3v) is 2.86. The van der Waals surface area contributed by atoms with Crippen LogP contribution in [-0.4, -0.2) is 32.6 Å². The second kappa shape index (κ2) is 5.79. The van der Waals surface area contributed by atoms with Crippen LogP contribution < -0.4 is 5.32 Å². The first-order valence-electron chi connectivity index (χ1n) is 5.10. The van der Waals surface area contributed by atoms with Gasteiger partial charge in [-0.25, -0.2) is 9.97 Å². The summed E-state index contributed by atoms with van der Waals surface area (Å²) in [5.41, 5.74) is 0.363. The van der Waals surface area contributed by atoms with Crippen LogP contribution in [0.3, 0.4) is 0 Å². The van der Waals surface area contributed by atoms with E-state index in [-0.39, 0.29) is 16.1 Å². The monoisotopic (exact) mass is 285 g/mol. The molecular weight excluding hydrogens is 277 g/mol. The van der Waals surface area contributed by atoms with Gasteiger partial charge in [0.2, 0.25) is 0 Å². The molecule has 8 heteroatoms. The van der Waals surface area contributed by atoms with Gasteiger partial charge in [0, 0.05) is 19.2 Å². The number of pyridine rings is 1. The lowest BCUT2D eigenvalue weighted by molar-refractivity contribution is 0.0953. The minimum Gasteiger partial charge on any atom is -0.352 e. The van der Waals surface area contributed by atoms with Crippen molar-refractivity contribution in [3.63, 3.8) is 0 Å². The maximum atomic E-state index is 11.7. The zero-order valence-electron chi connectivity index (χ0n) is 9.15. The number of nitrogens with zero attached hydrogens (tertiary/aromatic N) is 3. The molecule has 0 radical (unpaired) electrons. The first-order chi connectivity index (χ1) is 8.66. The number of aromatic nitrogens is 4. The zero-order chi connectivity index (χ0) is 13.0. The van der Waals surface area contributed by atoms with Crippen molar-refractivity contribution in [2.24, 2.45) is 0 Å². The molecule has 0 bridgehead atoms. The van der Waals surface area contributed by atoms with E-state index < -0.39 is 0 Å². The Bertz CT molecular complexity index is 543. The minimum absolute atomic E-state index is 0.176. The molecule has 2 N–H and O–H groups in total. The lowest BCUT2D eigenvalue weighted by Crippen LogP contribution is -2.26. The molecule has 0 aliphatic rings. The Labute approximate surface area is 113 Å². The molecule has 0 saturated heterocycles. The Kier molecular flexibility index (Phi) is 4.11. The maximum Gasteiger partial charge on any atom is 0.252 e. The predicted molar refractivity (Wildman–Crippen MR) is 66.7 cm³/mol. The second-order valence-corrected chi connectivity index (χ2v) is 4.20. The summed E-state index contributed by atoms with van der Waals surface area (Å²) >= 11 is 11.4. The SMILES string of the molecule is O=C(NCCc1ncn[nH]1)c1cnc(Cl)c(Cl)c1. The second-order valence-electron chi connectivity index (χ2n) is 3.43. The van der Waals surface area contributed by atoms with Crippen molar-refractivity contribution < 1.29 is 4.79 Å². The number of aromatic amines is 1. The highest BCUT2D eigenvalue weighted by molar-refractivity contribution is 6.41. The van der Waals surface area contributed by atoms with Gasteiger partial charge in [0.25, 0.3) is 5.91 Å². The molecule has 0 aliphatic heterocycles. The van der Waals surface area contributed by atoms with E-state index in [4.69, 9.17) is 23.2 Å². The number of halogens is 2. The molecule has 0 spiro atoms. The third kappa shape index (κ3) is 3.18. The van der Waals surface area contributed by atoms with Crippen molar-refractivity contribution in [1.82, 2.24) is 25.5 Å². The van der Waals surface area contributed by atoms with Gasteiger partial charge in [-0.1, -0.05) is 23.2 Å². The average molecular weight is 286 g/mol. The molecular formula is C10H9Cl2N5O. The molecule has 6 nitrogen and oxygen atoms in total. The Morgan fingerprint density at radius 2 is 2.22 bits per heavy atom. The van der Waals surface area contributed by atoms with Crippen LogP contribution in [0.4, 0.5) is 0 Å². The summed E-state index contributed by atoms with van der Waals surface area (Å²) in [5, 5.41) is 9.55. The molecule has 0 fully saturated rings. The fraction of sp³-hybridized carbons (Fsp3) is 0.200. The Hall–Kier alpha value is -1.66. The number of rotatable bonds is 4. The number of H-pyrrole nitrogens is 1. The van der Waals surface area contributed by atoms with Crippen LogP contribution in [0.2, 0.25) is 10.2 Å². The summed E-state index contributed by atoms with van der Waals surface area (Å²) in [4.78, 5) is 19.5. The summed E-state index contributed by atoms with van der Waals surface area (Å²) in [6, 6.07) is 1.47. The lowest BCUT2D eigenvalue weighted by atomic mass is 10.2. The average Bonchev–Trinajstić information content (AvgIpc) is 2.85. The van der Waals surface area contributed by atoms with Crippen LogP contribution in [0.15, 0.2) is 18.6 Å². The Morgan fingerprint density at radius 3 is 2.89 bits per heavy atom. The Morgan fingerprint density at radius 1 is 1.39 bits per heavy atom. The van der Waals surface area contributed by atoms with Crippen LogP contribution in [0.5, 0.6) is 0 Å². The normalized spacial score (nSPS) is 10.3. The van der Waals surface area contributed by atoms with E-state index in [1.54, 1.807) is 0 Å². The van der Waals surface area contributed by atoms with Crippen molar-refractivity contribution in [2.75, 3.05) is 6.54 Å². The number of hydrogen-bond acceptors (Lipinski definition) is 4. The molecule has 94 valence electrons. The van der Waals surface area contributed by atoms with Crippen LogP contribution in [0.1, 0.15) is 16.2 Å². The van der Waals surface area contributed by atoms with E-state index >= 15 is 0 Å². The fourth-order valence-corrected chi connectivity index (χ4v) is 1.56. The summed E-state index contributed by atoms with van der Waals surface area (Å²) in [7, 11) is 0. The molecule has 2 aromatic heterocycles. The van der Waals surface area contributed by atoms with E-state index in [9.17, 15) is 4.79 Å². The first-order valence-corrected chi connectivity index (χ1v) is 5.86. The maximum absolute atomic E-state index is 11.7. The van der Waals surface area contributed by atoms with Gasteiger partial charge in [0.15, 0.2) is 0 Å². The van der Waals surface area contributed by atoms with Crippen LogP contribution in [0, 0.1) is 0 Å². The third-order valence-electron chi connectivity index (χ3n) is 2.17. The van der Waals surface area contributed by atoms with Gasteiger partial charge in [-0.2, -0.15) is 5.10 Å². The highest BCUT2D eigenvalue weighted by atomic mass is 35.5. The first kappa shape index (κ1) is 12.8. The number of carbonyl (C=O) groups is 1. The molecule has 18 heavy (non-hydrogen) atoms. The van der Waals surface area contributed by atoms with E-state index in [2.05, 4.69) is 25.5 Å². The van der Waals surface area contributed by atoms with Crippen LogP contribution >= 0.6 is 23.2 Å². The van der Waals surface area contributed by atoms with Crippen molar-refractivity contribution in [2.45, 2.75) is 6.42 Å². The largest absolute Gasteiger partial charge is 0.352 e. The molecule has 0 unspecified atom stereocenters. The summed E-state index contributed by atoms with van der Waals surface area (Å²) in [6.45, 7) is 0.439. The molecule has 2 rings (SSSR count). The lowest BCUT2D eigenvalue weighted by Gasteiger charge is -2.04. The molecule has 0 atom stereocenters. The topological polar surface area (TPSA) is 83.6 Å². The van der Waals surface area contributed by atoms with Gasteiger partial charge < -0.3 is 5.32 Å². The smallest absolute Gasteiger partial charge is 0.252 e. The van der Waals surface area contributed by atoms with E-state index in [0.717, 1.165) is 0 Å². The number of carbonyl (C=O) groups excluding carboxylic acids is 1. The number of amides is 1. The highest BCUT2D eigenvalue weighted by Crippen LogP contribution is 2.19. The van der Waals surface area contributed by atoms with Gasteiger partial charge in [-0.05, 0) is 6.07 Å². The van der Waals surface area contributed by atoms with Crippen molar-refractivity contribution >= 4 is 29.1 Å². The highest BCUT2D eigenvalue weighted by Gasteiger charge is 2.08. The van der Waals surface area contributed by atoms with E-state index in [0.29, 0.717) is 24.4 Å². The van der Waals surface area contributed by atoms with Gasteiger partial charge in [0.05, 0.1) is 10.6 Å². The molecule has 2 aromatic rings. The van der Waals surface area contributed by atoms with Crippen molar-refractivity contribution in [1.29, 1.82) is 0 Å². The zero-order valence-corrected chi connectivity index (χ0v) is 10.7. The van der Waals surface area contributed by atoms with E-state index in [1.807, 2.05) is 0 Å². The summed E-state index contributed by atoms with van der Waals surface area (Å²) in [6.07, 6.45) is 3.36. The van der Waals surface area contributed by atoms with Crippen LogP contribution in [0.25, 0.3) is 0 Å². The van der Waals surface area contributed by atoms with Crippen molar-refractivity contribution in [3.8, 4) is 0 Å². The molecule has 1 amide bonds. The van der Waals surface area contributed by atoms with Crippen molar-refractivity contribution in [3.05, 3.63) is 40.2 Å². The molecule has 0 saturated carbocycles. The van der Waals surface area contributed by atoms with Gasteiger partial charge in [-0.15, -0.1) is 0 Å². The standard InChI is InChI=1S/C10H9Cl2N5O/c11-7-3-6(4-14-9(7)12)10(18)13-2-1-8-15-5-16-17-8/h3-5H,1-2H2,(H,13,18)(H,15,16,17).